The maximum Gasteiger partial charge on any atom is 0.256 e. The lowest BCUT2D eigenvalue weighted by atomic mass is 10.2. The molecule has 0 saturated heterocycles. The van der Waals surface area contributed by atoms with Gasteiger partial charge in [0.15, 0.2) is 5.82 Å². The standard InChI is InChI=1S/C13H9Cl2IN2O/c1-7-10(14)6-11(15)12(17-7)18-13(19)8-3-2-4-9(16)5-8/h2-6H,1H3,(H,17,18,19). The highest BCUT2D eigenvalue weighted by atomic mass is 127. The van der Waals surface area contributed by atoms with Gasteiger partial charge in [-0.15, -0.1) is 0 Å². The van der Waals surface area contributed by atoms with Gasteiger partial charge < -0.3 is 5.32 Å². The normalized spacial score (nSPS) is 10.3. The van der Waals surface area contributed by atoms with Gasteiger partial charge in [-0.05, 0) is 53.8 Å². The van der Waals surface area contributed by atoms with Gasteiger partial charge in [0.2, 0.25) is 0 Å². The largest absolute Gasteiger partial charge is 0.305 e. The third-order valence-electron chi connectivity index (χ3n) is 2.42. The molecular weight excluding hydrogens is 398 g/mol. The van der Waals surface area contributed by atoms with Crippen LogP contribution < -0.4 is 5.32 Å². The smallest absolute Gasteiger partial charge is 0.256 e. The number of carbonyl (C=O) groups excluding carboxylic acids is 1. The van der Waals surface area contributed by atoms with Gasteiger partial charge in [0.25, 0.3) is 5.91 Å². The fourth-order valence-corrected chi connectivity index (χ4v) is 2.40. The van der Waals surface area contributed by atoms with Gasteiger partial charge in [-0.1, -0.05) is 29.3 Å². The molecule has 0 atom stereocenters. The molecule has 6 heteroatoms. The molecule has 3 nitrogen and oxygen atoms in total. The number of hydrogen-bond acceptors (Lipinski definition) is 2. The summed E-state index contributed by atoms with van der Waals surface area (Å²) in [5.74, 6) is 0.0575. The van der Waals surface area contributed by atoms with Gasteiger partial charge in [-0.25, -0.2) is 4.98 Å². The van der Waals surface area contributed by atoms with Crippen molar-refractivity contribution in [3.05, 3.63) is 55.2 Å². The summed E-state index contributed by atoms with van der Waals surface area (Å²) in [5.41, 5.74) is 1.17. The number of rotatable bonds is 2. The lowest BCUT2D eigenvalue weighted by molar-refractivity contribution is 0.102. The third kappa shape index (κ3) is 3.58. The second-order valence-corrected chi connectivity index (χ2v) is 5.91. The van der Waals surface area contributed by atoms with Crippen LogP contribution in [0, 0.1) is 10.5 Å². The quantitative estimate of drug-likeness (QED) is 0.743. The molecule has 0 spiro atoms. The van der Waals surface area contributed by atoms with E-state index in [0.717, 1.165) is 3.57 Å². The fraction of sp³-hybridized carbons (Fsp3) is 0.0769. The van der Waals surface area contributed by atoms with Crippen LogP contribution in [0.5, 0.6) is 0 Å². The van der Waals surface area contributed by atoms with E-state index in [9.17, 15) is 4.79 Å². The van der Waals surface area contributed by atoms with E-state index in [-0.39, 0.29) is 5.91 Å². The van der Waals surface area contributed by atoms with E-state index in [1.54, 1.807) is 25.1 Å². The predicted molar refractivity (Wildman–Crippen MR) is 86.1 cm³/mol. The van der Waals surface area contributed by atoms with Crippen molar-refractivity contribution >= 4 is 57.5 Å². The van der Waals surface area contributed by atoms with E-state index in [2.05, 4.69) is 32.9 Å². The van der Waals surface area contributed by atoms with Gasteiger partial charge in [-0.2, -0.15) is 0 Å². The second-order valence-electron chi connectivity index (χ2n) is 3.85. The number of pyridine rings is 1. The highest BCUT2D eigenvalue weighted by Gasteiger charge is 2.11. The molecule has 19 heavy (non-hydrogen) atoms. The Hall–Kier alpha value is -0.850. The van der Waals surface area contributed by atoms with Crippen LogP contribution in [-0.4, -0.2) is 10.9 Å². The van der Waals surface area contributed by atoms with Crippen LogP contribution in [0.2, 0.25) is 10.0 Å². The fourth-order valence-electron chi connectivity index (χ4n) is 1.46. The molecule has 0 aliphatic heterocycles. The number of nitrogens with one attached hydrogen (secondary N) is 1. The van der Waals surface area contributed by atoms with Crippen LogP contribution in [-0.2, 0) is 0 Å². The molecule has 98 valence electrons. The number of benzene rings is 1. The highest BCUT2D eigenvalue weighted by Crippen LogP contribution is 2.26. The minimum absolute atomic E-state index is 0.255. The molecule has 0 aliphatic rings. The van der Waals surface area contributed by atoms with E-state index >= 15 is 0 Å². The highest BCUT2D eigenvalue weighted by molar-refractivity contribution is 14.1. The van der Waals surface area contributed by atoms with Gasteiger partial charge in [0.1, 0.15) is 0 Å². The number of amides is 1. The van der Waals surface area contributed by atoms with Crippen molar-refractivity contribution < 1.29 is 4.79 Å². The van der Waals surface area contributed by atoms with Crippen LogP contribution in [0.4, 0.5) is 5.82 Å². The summed E-state index contributed by atoms with van der Waals surface area (Å²) in [6.45, 7) is 1.75. The molecule has 1 heterocycles. The Morgan fingerprint density at radius 3 is 2.68 bits per heavy atom. The number of hydrogen-bond donors (Lipinski definition) is 1. The minimum Gasteiger partial charge on any atom is -0.305 e. The molecule has 2 aromatic rings. The van der Waals surface area contributed by atoms with E-state index in [0.29, 0.717) is 27.1 Å². The van der Waals surface area contributed by atoms with Gasteiger partial charge in [0.05, 0.1) is 15.7 Å². The number of carbonyl (C=O) groups is 1. The number of nitrogens with zero attached hydrogens (tertiary/aromatic N) is 1. The van der Waals surface area contributed by atoms with Crippen molar-refractivity contribution in [3.63, 3.8) is 0 Å². The Bertz CT molecular complexity index is 647. The second kappa shape index (κ2) is 6.07. The van der Waals surface area contributed by atoms with Crippen LogP contribution in [0.1, 0.15) is 16.1 Å². The third-order valence-corrected chi connectivity index (χ3v) is 3.77. The van der Waals surface area contributed by atoms with Gasteiger partial charge in [0, 0.05) is 9.13 Å². The lowest BCUT2D eigenvalue weighted by Crippen LogP contribution is -2.13. The topological polar surface area (TPSA) is 42.0 Å². The Balaban J connectivity index is 2.27. The maximum atomic E-state index is 12.1. The molecule has 0 radical (unpaired) electrons. The number of halogens is 3. The van der Waals surface area contributed by atoms with Gasteiger partial charge >= 0.3 is 0 Å². The summed E-state index contributed by atoms with van der Waals surface area (Å²) in [4.78, 5) is 16.2. The van der Waals surface area contributed by atoms with Crippen molar-refractivity contribution in [3.8, 4) is 0 Å². The summed E-state index contributed by atoms with van der Waals surface area (Å²) in [6.07, 6.45) is 0. The molecule has 2 rings (SSSR count). The SMILES string of the molecule is Cc1nc(NC(=O)c2cccc(I)c2)c(Cl)cc1Cl. The average Bonchev–Trinajstić information content (AvgIpc) is 2.36. The maximum absolute atomic E-state index is 12.1. The van der Waals surface area contributed by atoms with E-state index in [1.807, 2.05) is 12.1 Å². The molecule has 0 unspecified atom stereocenters. The summed E-state index contributed by atoms with van der Waals surface area (Å²) in [6, 6.07) is 8.81. The Morgan fingerprint density at radius 2 is 2.00 bits per heavy atom. The van der Waals surface area contributed by atoms with Crippen molar-refractivity contribution in [2.75, 3.05) is 5.32 Å². The first-order valence-electron chi connectivity index (χ1n) is 5.37. The van der Waals surface area contributed by atoms with Crippen molar-refractivity contribution in [2.45, 2.75) is 6.92 Å². The van der Waals surface area contributed by atoms with E-state index in [1.165, 1.54) is 0 Å². The molecule has 0 saturated carbocycles. The first kappa shape index (κ1) is 14.6. The zero-order chi connectivity index (χ0) is 14.0. The molecule has 0 bridgehead atoms. The summed E-state index contributed by atoms with van der Waals surface area (Å²) < 4.78 is 0.983. The van der Waals surface area contributed by atoms with Crippen LogP contribution >= 0.6 is 45.8 Å². The first-order valence-corrected chi connectivity index (χ1v) is 7.20. The first-order chi connectivity index (χ1) is 8.97. The molecule has 1 aromatic heterocycles. The summed E-state index contributed by atoms with van der Waals surface area (Å²) in [7, 11) is 0. The Labute approximate surface area is 134 Å². The molecule has 0 aliphatic carbocycles. The molecule has 1 aromatic carbocycles. The van der Waals surface area contributed by atoms with Gasteiger partial charge in [-0.3, -0.25) is 4.79 Å². The average molecular weight is 407 g/mol. The zero-order valence-electron chi connectivity index (χ0n) is 9.88. The van der Waals surface area contributed by atoms with Crippen molar-refractivity contribution in [1.82, 2.24) is 4.98 Å². The number of aromatic nitrogens is 1. The lowest BCUT2D eigenvalue weighted by Gasteiger charge is -2.08. The van der Waals surface area contributed by atoms with Crippen molar-refractivity contribution in [2.24, 2.45) is 0 Å². The number of aryl methyl sites for hydroxylation is 1. The molecule has 0 fully saturated rings. The molecule has 1 amide bonds. The summed E-state index contributed by atoms with van der Waals surface area (Å²) >= 11 is 14.0. The monoisotopic (exact) mass is 406 g/mol. The minimum atomic E-state index is -0.255. The Kier molecular flexibility index (Phi) is 4.65. The van der Waals surface area contributed by atoms with E-state index in [4.69, 9.17) is 23.2 Å². The Morgan fingerprint density at radius 1 is 1.26 bits per heavy atom. The van der Waals surface area contributed by atoms with Crippen LogP contribution in [0.15, 0.2) is 30.3 Å². The van der Waals surface area contributed by atoms with Crippen molar-refractivity contribution in [1.29, 1.82) is 0 Å². The molecule has 1 N–H and O–H groups in total. The zero-order valence-corrected chi connectivity index (χ0v) is 13.5. The number of anilines is 1. The van der Waals surface area contributed by atoms with Crippen LogP contribution in [0.3, 0.4) is 0 Å². The predicted octanol–water partition coefficient (Wildman–Crippen LogP) is 4.55. The summed E-state index contributed by atoms with van der Waals surface area (Å²) in [5, 5.41) is 3.46. The van der Waals surface area contributed by atoms with E-state index < -0.39 is 0 Å². The van der Waals surface area contributed by atoms with Crippen LogP contribution in [0.25, 0.3) is 0 Å². The molecular formula is C13H9Cl2IN2O.